The number of para-hydroxylation sites is 1. The van der Waals surface area contributed by atoms with Crippen LogP contribution in [-0.4, -0.2) is 44.2 Å². The zero-order valence-corrected chi connectivity index (χ0v) is 11.7. The molecule has 0 saturated carbocycles. The standard InChI is InChI=1S/C15H22N2O2/c1-3-19-11-10-17(2)15(18)13-8-9-16-14-7-5-4-6-12(13)14/h4-7,13,16H,3,8-11H2,1-2H3. The van der Waals surface area contributed by atoms with E-state index in [0.29, 0.717) is 19.8 Å². The number of rotatable bonds is 5. The Balaban J connectivity index is 2.04. The van der Waals surface area contributed by atoms with E-state index in [1.165, 1.54) is 0 Å². The summed E-state index contributed by atoms with van der Waals surface area (Å²) in [7, 11) is 1.85. The van der Waals surface area contributed by atoms with Crippen LogP contribution in [0.1, 0.15) is 24.8 Å². The number of hydrogen-bond acceptors (Lipinski definition) is 3. The largest absolute Gasteiger partial charge is 0.385 e. The van der Waals surface area contributed by atoms with E-state index in [4.69, 9.17) is 4.74 Å². The third-order valence-electron chi connectivity index (χ3n) is 3.53. The van der Waals surface area contributed by atoms with Crippen molar-refractivity contribution in [2.75, 3.05) is 38.7 Å². The van der Waals surface area contributed by atoms with Crippen molar-refractivity contribution in [1.29, 1.82) is 0 Å². The van der Waals surface area contributed by atoms with Crippen LogP contribution in [0.5, 0.6) is 0 Å². The SMILES string of the molecule is CCOCCN(C)C(=O)C1CCNc2ccccc21. The molecule has 4 heteroatoms. The van der Waals surface area contributed by atoms with Crippen molar-refractivity contribution >= 4 is 11.6 Å². The number of fused-ring (bicyclic) bond motifs is 1. The molecule has 0 aliphatic carbocycles. The van der Waals surface area contributed by atoms with Crippen LogP contribution >= 0.6 is 0 Å². The van der Waals surface area contributed by atoms with Crippen LogP contribution in [0.3, 0.4) is 0 Å². The Hall–Kier alpha value is -1.55. The fraction of sp³-hybridized carbons (Fsp3) is 0.533. The van der Waals surface area contributed by atoms with E-state index in [9.17, 15) is 4.79 Å². The maximum atomic E-state index is 12.5. The molecule has 0 radical (unpaired) electrons. The van der Waals surface area contributed by atoms with E-state index in [2.05, 4.69) is 5.32 Å². The van der Waals surface area contributed by atoms with Gasteiger partial charge in [-0.15, -0.1) is 0 Å². The lowest BCUT2D eigenvalue weighted by atomic mass is 9.90. The summed E-state index contributed by atoms with van der Waals surface area (Å²) >= 11 is 0. The number of carbonyl (C=O) groups is 1. The first kappa shape index (κ1) is 13.9. The average Bonchev–Trinajstić information content (AvgIpc) is 2.46. The summed E-state index contributed by atoms with van der Waals surface area (Å²) < 4.78 is 5.30. The normalized spacial score (nSPS) is 17.5. The summed E-state index contributed by atoms with van der Waals surface area (Å²) in [5, 5.41) is 3.34. The highest BCUT2D eigenvalue weighted by atomic mass is 16.5. The number of ether oxygens (including phenoxy) is 1. The molecule has 1 unspecified atom stereocenters. The summed E-state index contributed by atoms with van der Waals surface area (Å²) in [5.41, 5.74) is 2.20. The summed E-state index contributed by atoms with van der Waals surface area (Å²) in [6, 6.07) is 8.07. The summed E-state index contributed by atoms with van der Waals surface area (Å²) in [5.74, 6) is 0.165. The van der Waals surface area contributed by atoms with Gasteiger partial charge in [0.15, 0.2) is 0 Å². The predicted molar refractivity (Wildman–Crippen MR) is 76.4 cm³/mol. The molecule has 1 aliphatic rings. The number of benzene rings is 1. The first-order valence-corrected chi connectivity index (χ1v) is 6.89. The van der Waals surface area contributed by atoms with Crippen LogP contribution in [0, 0.1) is 0 Å². The smallest absolute Gasteiger partial charge is 0.230 e. The van der Waals surface area contributed by atoms with E-state index in [0.717, 1.165) is 24.2 Å². The van der Waals surface area contributed by atoms with E-state index in [-0.39, 0.29) is 11.8 Å². The minimum absolute atomic E-state index is 0.0240. The topological polar surface area (TPSA) is 41.6 Å². The van der Waals surface area contributed by atoms with Crippen LogP contribution < -0.4 is 5.32 Å². The molecule has 2 rings (SSSR count). The van der Waals surface area contributed by atoms with Crippen molar-refractivity contribution < 1.29 is 9.53 Å². The Bertz CT molecular complexity index is 434. The lowest BCUT2D eigenvalue weighted by Crippen LogP contribution is -2.36. The lowest BCUT2D eigenvalue weighted by molar-refractivity contribution is -0.132. The molecular formula is C15H22N2O2. The van der Waals surface area contributed by atoms with E-state index in [1.807, 2.05) is 38.2 Å². The fourth-order valence-electron chi connectivity index (χ4n) is 2.45. The molecule has 0 aromatic heterocycles. The highest BCUT2D eigenvalue weighted by molar-refractivity contribution is 5.86. The summed E-state index contributed by atoms with van der Waals surface area (Å²) in [4.78, 5) is 14.3. The van der Waals surface area contributed by atoms with Crippen molar-refractivity contribution in [1.82, 2.24) is 4.90 Å². The first-order chi connectivity index (χ1) is 9.24. The molecule has 1 aromatic rings. The molecule has 1 aliphatic heterocycles. The molecule has 0 saturated heterocycles. The van der Waals surface area contributed by atoms with Gasteiger partial charge in [-0.25, -0.2) is 0 Å². The molecule has 0 spiro atoms. The van der Waals surface area contributed by atoms with Crippen molar-refractivity contribution in [2.45, 2.75) is 19.3 Å². The number of amides is 1. The van der Waals surface area contributed by atoms with Gasteiger partial charge in [0.2, 0.25) is 5.91 Å². The van der Waals surface area contributed by atoms with Gasteiger partial charge in [0.1, 0.15) is 0 Å². The van der Waals surface area contributed by atoms with Crippen LogP contribution in [0.4, 0.5) is 5.69 Å². The molecule has 104 valence electrons. The van der Waals surface area contributed by atoms with Gasteiger partial charge in [-0.05, 0) is 25.0 Å². The minimum Gasteiger partial charge on any atom is -0.385 e. The van der Waals surface area contributed by atoms with E-state index in [1.54, 1.807) is 4.90 Å². The van der Waals surface area contributed by atoms with Crippen LogP contribution in [-0.2, 0) is 9.53 Å². The highest BCUT2D eigenvalue weighted by Gasteiger charge is 2.28. The minimum atomic E-state index is -0.0240. The lowest BCUT2D eigenvalue weighted by Gasteiger charge is -2.29. The van der Waals surface area contributed by atoms with Gasteiger partial charge in [-0.1, -0.05) is 18.2 Å². The first-order valence-electron chi connectivity index (χ1n) is 6.89. The fourth-order valence-corrected chi connectivity index (χ4v) is 2.45. The number of nitrogens with one attached hydrogen (secondary N) is 1. The third kappa shape index (κ3) is 3.26. The molecule has 0 fully saturated rings. The second-order valence-corrected chi connectivity index (χ2v) is 4.81. The van der Waals surface area contributed by atoms with Gasteiger partial charge in [0.25, 0.3) is 0 Å². The van der Waals surface area contributed by atoms with E-state index < -0.39 is 0 Å². The molecule has 19 heavy (non-hydrogen) atoms. The summed E-state index contributed by atoms with van der Waals surface area (Å²) in [6.45, 7) is 4.76. The Morgan fingerprint density at radius 3 is 3.05 bits per heavy atom. The van der Waals surface area contributed by atoms with Crippen molar-refractivity contribution in [3.63, 3.8) is 0 Å². The van der Waals surface area contributed by atoms with Gasteiger partial charge in [0.05, 0.1) is 12.5 Å². The molecule has 1 amide bonds. The average molecular weight is 262 g/mol. The Morgan fingerprint density at radius 2 is 2.26 bits per heavy atom. The summed E-state index contributed by atoms with van der Waals surface area (Å²) in [6.07, 6.45) is 0.856. The number of anilines is 1. The zero-order valence-electron chi connectivity index (χ0n) is 11.7. The van der Waals surface area contributed by atoms with Crippen molar-refractivity contribution in [3.8, 4) is 0 Å². The van der Waals surface area contributed by atoms with Gasteiger partial charge in [0, 0.05) is 32.4 Å². The van der Waals surface area contributed by atoms with E-state index >= 15 is 0 Å². The van der Waals surface area contributed by atoms with Gasteiger partial charge >= 0.3 is 0 Å². The van der Waals surface area contributed by atoms with Crippen LogP contribution in [0.25, 0.3) is 0 Å². The number of likely N-dealkylation sites (N-methyl/N-ethyl adjacent to an activating group) is 1. The number of carbonyl (C=O) groups excluding carboxylic acids is 1. The molecule has 1 heterocycles. The molecular weight excluding hydrogens is 240 g/mol. The molecule has 1 N–H and O–H groups in total. The Morgan fingerprint density at radius 1 is 1.47 bits per heavy atom. The Kier molecular flexibility index (Phi) is 4.80. The highest BCUT2D eigenvalue weighted by Crippen LogP contribution is 2.32. The Labute approximate surface area is 114 Å². The van der Waals surface area contributed by atoms with Gasteiger partial charge in [-0.3, -0.25) is 4.79 Å². The van der Waals surface area contributed by atoms with Crippen molar-refractivity contribution in [3.05, 3.63) is 29.8 Å². The predicted octanol–water partition coefficient (Wildman–Crippen LogP) is 2.08. The van der Waals surface area contributed by atoms with Crippen LogP contribution in [0.15, 0.2) is 24.3 Å². The second kappa shape index (κ2) is 6.57. The maximum absolute atomic E-state index is 12.5. The molecule has 0 bridgehead atoms. The second-order valence-electron chi connectivity index (χ2n) is 4.81. The maximum Gasteiger partial charge on any atom is 0.230 e. The molecule has 1 atom stereocenters. The van der Waals surface area contributed by atoms with Crippen LogP contribution in [0.2, 0.25) is 0 Å². The number of nitrogens with zero attached hydrogens (tertiary/aromatic N) is 1. The monoisotopic (exact) mass is 262 g/mol. The number of hydrogen-bond donors (Lipinski definition) is 1. The molecule has 1 aromatic carbocycles. The zero-order chi connectivity index (χ0) is 13.7. The third-order valence-corrected chi connectivity index (χ3v) is 3.53. The van der Waals surface area contributed by atoms with Crippen molar-refractivity contribution in [2.24, 2.45) is 0 Å². The quantitative estimate of drug-likeness (QED) is 0.826. The van der Waals surface area contributed by atoms with Gasteiger partial charge < -0.3 is 15.0 Å². The molecule has 4 nitrogen and oxygen atoms in total. The van der Waals surface area contributed by atoms with Gasteiger partial charge in [-0.2, -0.15) is 0 Å².